The van der Waals surface area contributed by atoms with Crippen molar-refractivity contribution >= 4 is 0 Å². The number of nitriles is 1. The number of aromatic amines is 1. The van der Waals surface area contributed by atoms with E-state index in [0.717, 1.165) is 0 Å². The van der Waals surface area contributed by atoms with Gasteiger partial charge in [0.15, 0.2) is 0 Å². The zero-order valence-electron chi connectivity index (χ0n) is 3.60. The van der Waals surface area contributed by atoms with Crippen LogP contribution in [0.3, 0.4) is 0 Å². The molecule has 0 bridgehead atoms. The van der Waals surface area contributed by atoms with Gasteiger partial charge < -0.3 is 4.98 Å². The topological polar surface area (TPSA) is 39.6 Å². The van der Waals surface area contributed by atoms with Gasteiger partial charge in [0.25, 0.3) is 0 Å². The zero-order valence-corrected chi connectivity index (χ0v) is 3.60. The number of nitrogens with one attached hydrogen (secondary N) is 1. The summed E-state index contributed by atoms with van der Waals surface area (Å²) in [5, 5.41) is 8.13. The maximum atomic E-state index is 8.13. The average molecular weight is 91.1 g/mol. The third kappa shape index (κ3) is 0.606. The molecule has 2 heteroatoms. The van der Waals surface area contributed by atoms with Crippen LogP contribution in [0.2, 0.25) is 0 Å². The third-order valence-electron chi connectivity index (χ3n) is 0.661. The largest absolute Gasteiger partial charge is 0.359 e. The fourth-order valence-electron chi connectivity index (χ4n) is 0.351. The van der Waals surface area contributed by atoms with Crippen molar-refractivity contribution in [3.63, 3.8) is 0 Å². The number of hydrogen-bond donors (Lipinski definition) is 1. The molecular weight excluding hydrogens is 88.1 g/mol. The minimum absolute atomic E-state index is 0.556. The highest BCUT2D eigenvalue weighted by atomic mass is 14.6. The smallest absolute Gasteiger partial charge is 0.101 e. The summed E-state index contributed by atoms with van der Waals surface area (Å²) in [6.07, 6.45) is 4.27. The Balaban J connectivity index is 3.04. The first-order valence-electron chi connectivity index (χ1n) is 1.88. The Hall–Kier alpha value is -1.23. The lowest BCUT2D eigenvalue weighted by molar-refractivity contribution is 1.38. The van der Waals surface area contributed by atoms with E-state index >= 15 is 0 Å². The molecule has 0 fully saturated rings. The summed E-state index contributed by atoms with van der Waals surface area (Å²) in [5.41, 5.74) is 0.556. The van der Waals surface area contributed by atoms with Gasteiger partial charge in [0, 0.05) is 6.20 Å². The molecule has 0 amide bonds. The van der Waals surface area contributed by atoms with E-state index in [-0.39, 0.29) is 0 Å². The van der Waals surface area contributed by atoms with Gasteiger partial charge in [0.05, 0.1) is 11.8 Å². The third-order valence-corrected chi connectivity index (χ3v) is 0.661. The highest BCUT2D eigenvalue weighted by molar-refractivity contribution is 5.22. The second kappa shape index (κ2) is 1.48. The zero-order chi connectivity index (χ0) is 5.11. The second-order valence-electron chi connectivity index (χ2n) is 1.13. The fourth-order valence-corrected chi connectivity index (χ4v) is 0.351. The number of hydrogen-bond acceptors (Lipinski definition) is 1. The SMILES string of the molecule is N#Cc1[c][nH]cc1. The molecule has 1 radical (unpaired) electrons. The van der Waals surface area contributed by atoms with E-state index in [2.05, 4.69) is 11.2 Å². The molecule has 0 aliphatic heterocycles. The molecule has 0 saturated heterocycles. The van der Waals surface area contributed by atoms with Crippen LogP contribution in [0.4, 0.5) is 0 Å². The Morgan fingerprint density at radius 3 is 3.00 bits per heavy atom. The van der Waals surface area contributed by atoms with Crippen molar-refractivity contribution in [2.45, 2.75) is 0 Å². The van der Waals surface area contributed by atoms with Crippen LogP contribution in [-0.4, -0.2) is 4.98 Å². The molecule has 0 unspecified atom stereocenters. The van der Waals surface area contributed by atoms with Gasteiger partial charge >= 0.3 is 0 Å². The lowest BCUT2D eigenvalue weighted by atomic mass is 10.4. The van der Waals surface area contributed by atoms with E-state index < -0.39 is 0 Å². The van der Waals surface area contributed by atoms with Crippen molar-refractivity contribution in [3.8, 4) is 6.07 Å². The quantitative estimate of drug-likeness (QED) is 0.501. The molecule has 1 rings (SSSR count). The van der Waals surface area contributed by atoms with E-state index in [9.17, 15) is 0 Å². The summed E-state index contributed by atoms with van der Waals surface area (Å²) in [7, 11) is 0. The van der Waals surface area contributed by atoms with Crippen LogP contribution in [-0.2, 0) is 0 Å². The predicted molar refractivity (Wildman–Crippen MR) is 24.3 cm³/mol. The van der Waals surface area contributed by atoms with Crippen LogP contribution in [0.5, 0.6) is 0 Å². The molecule has 0 spiro atoms. The minimum atomic E-state index is 0.556. The number of rotatable bonds is 0. The number of aromatic nitrogens is 1. The van der Waals surface area contributed by atoms with Gasteiger partial charge in [0.1, 0.15) is 6.07 Å². The normalized spacial score (nSPS) is 7.86. The van der Waals surface area contributed by atoms with Crippen molar-refractivity contribution in [2.24, 2.45) is 0 Å². The van der Waals surface area contributed by atoms with E-state index in [1.807, 2.05) is 6.07 Å². The molecular formula is C5H3N2. The van der Waals surface area contributed by atoms with Crippen LogP contribution in [0.25, 0.3) is 0 Å². The maximum absolute atomic E-state index is 8.13. The highest BCUT2D eigenvalue weighted by Gasteiger charge is 1.82. The minimum Gasteiger partial charge on any atom is -0.359 e. The lowest BCUT2D eigenvalue weighted by Crippen LogP contribution is -1.57. The summed E-state index contributed by atoms with van der Waals surface area (Å²) in [4.78, 5) is 2.63. The Kier molecular flexibility index (Phi) is 0.833. The van der Waals surface area contributed by atoms with E-state index in [0.29, 0.717) is 5.56 Å². The molecule has 0 aliphatic carbocycles. The average Bonchev–Trinajstić information content (AvgIpc) is 2.14. The first-order valence-corrected chi connectivity index (χ1v) is 1.88. The summed E-state index contributed by atoms with van der Waals surface area (Å²) in [5.74, 6) is 0. The summed E-state index contributed by atoms with van der Waals surface area (Å²) >= 11 is 0. The van der Waals surface area contributed by atoms with Gasteiger partial charge in [-0.05, 0) is 6.07 Å². The van der Waals surface area contributed by atoms with Crippen molar-refractivity contribution in [3.05, 3.63) is 24.0 Å². The molecule has 0 atom stereocenters. The fraction of sp³-hybridized carbons (Fsp3) is 0. The Morgan fingerprint density at radius 2 is 2.71 bits per heavy atom. The monoisotopic (exact) mass is 91.0 g/mol. The first kappa shape index (κ1) is 3.94. The molecule has 1 aromatic rings. The van der Waals surface area contributed by atoms with E-state index in [1.54, 1.807) is 12.3 Å². The standard InChI is InChI=1S/C5H3N2/c6-3-5-1-2-7-4-5/h1-2,7H. The van der Waals surface area contributed by atoms with Crippen LogP contribution in [0.1, 0.15) is 5.56 Å². The Bertz CT molecular complexity index is 168. The summed E-state index contributed by atoms with van der Waals surface area (Å²) in [6, 6.07) is 3.59. The number of H-pyrrole nitrogens is 1. The van der Waals surface area contributed by atoms with Crippen LogP contribution in [0, 0.1) is 17.5 Å². The van der Waals surface area contributed by atoms with Gasteiger partial charge in [-0.2, -0.15) is 5.26 Å². The molecule has 7 heavy (non-hydrogen) atoms. The second-order valence-corrected chi connectivity index (χ2v) is 1.13. The molecule has 1 heterocycles. The number of nitrogens with zero attached hydrogens (tertiary/aromatic N) is 1. The highest BCUT2D eigenvalue weighted by Crippen LogP contribution is 1.88. The molecule has 2 nitrogen and oxygen atoms in total. The summed E-state index contributed by atoms with van der Waals surface area (Å²) in [6.45, 7) is 0. The van der Waals surface area contributed by atoms with Gasteiger partial charge in [0.2, 0.25) is 0 Å². The summed E-state index contributed by atoms with van der Waals surface area (Å²) < 4.78 is 0. The van der Waals surface area contributed by atoms with Crippen LogP contribution >= 0.6 is 0 Å². The van der Waals surface area contributed by atoms with Crippen molar-refractivity contribution in [1.82, 2.24) is 4.98 Å². The predicted octanol–water partition coefficient (Wildman–Crippen LogP) is 0.687. The lowest BCUT2D eigenvalue weighted by Gasteiger charge is -1.60. The molecule has 1 aromatic heterocycles. The van der Waals surface area contributed by atoms with E-state index in [4.69, 9.17) is 5.26 Å². The van der Waals surface area contributed by atoms with Gasteiger partial charge in [-0.25, -0.2) is 0 Å². The Labute approximate surface area is 41.4 Å². The molecule has 33 valence electrons. The van der Waals surface area contributed by atoms with Crippen molar-refractivity contribution in [1.29, 1.82) is 5.26 Å². The van der Waals surface area contributed by atoms with E-state index in [1.165, 1.54) is 0 Å². The Morgan fingerprint density at radius 1 is 1.86 bits per heavy atom. The van der Waals surface area contributed by atoms with Gasteiger partial charge in [-0.1, -0.05) is 0 Å². The van der Waals surface area contributed by atoms with Gasteiger partial charge in [-0.15, -0.1) is 0 Å². The molecule has 0 saturated carbocycles. The van der Waals surface area contributed by atoms with Crippen molar-refractivity contribution in [2.75, 3.05) is 0 Å². The van der Waals surface area contributed by atoms with Crippen molar-refractivity contribution < 1.29 is 0 Å². The molecule has 1 N–H and O–H groups in total. The maximum Gasteiger partial charge on any atom is 0.101 e. The van der Waals surface area contributed by atoms with Gasteiger partial charge in [-0.3, -0.25) is 0 Å². The van der Waals surface area contributed by atoms with Crippen LogP contribution in [0.15, 0.2) is 12.3 Å². The van der Waals surface area contributed by atoms with Crippen LogP contribution < -0.4 is 0 Å². The first-order chi connectivity index (χ1) is 3.43. The molecule has 0 aromatic carbocycles. The molecule has 0 aliphatic rings.